The van der Waals surface area contributed by atoms with E-state index in [0.717, 1.165) is 25.2 Å². The van der Waals surface area contributed by atoms with Gasteiger partial charge >= 0.3 is 0 Å². The predicted molar refractivity (Wildman–Crippen MR) is 53.3 cm³/mol. The molecule has 1 heteroatoms. The monoisotopic (exact) mass is 178 g/mol. The zero-order chi connectivity index (χ0) is 9.64. The minimum atomic E-state index is 0.300. The zero-order valence-electron chi connectivity index (χ0n) is 8.55. The zero-order valence-corrected chi connectivity index (χ0v) is 8.55. The van der Waals surface area contributed by atoms with Gasteiger partial charge in [-0.3, -0.25) is 4.79 Å². The lowest BCUT2D eigenvalue weighted by Gasteiger charge is -2.57. The number of hydrogen-bond donors (Lipinski definition) is 0. The molecule has 0 saturated heterocycles. The molecule has 13 heavy (non-hydrogen) atoms. The van der Waals surface area contributed by atoms with Gasteiger partial charge in [0.15, 0.2) is 0 Å². The molecule has 0 aromatic carbocycles. The summed E-state index contributed by atoms with van der Waals surface area (Å²) in [7, 11) is 0. The lowest BCUT2D eigenvalue weighted by atomic mass is 9.46. The average molecular weight is 178 g/mol. The van der Waals surface area contributed by atoms with Crippen molar-refractivity contribution in [3.8, 4) is 0 Å². The summed E-state index contributed by atoms with van der Waals surface area (Å²) in [6.45, 7) is 8.20. The van der Waals surface area contributed by atoms with E-state index in [9.17, 15) is 4.79 Å². The molecule has 0 spiro atoms. The van der Waals surface area contributed by atoms with E-state index >= 15 is 0 Å². The molecule has 3 fully saturated rings. The Morgan fingerprint density at radius 1 is 1.54 bits per heavy atom. The van der Waals surface area contributed by atoms with E-state index < -0.39 is 0 Å². The fourth-order valence-corrected chi connectivity index (χ4v) is 3.06. The first-order chi connectivity index (χ1) is 6.07. The van der Waals surface area contributed by atoms with Gasteiger partial charge in [-0.15, -0.1) is 6.58 Å². The highest BCUT2D eigenvalue weighted by Gasteiger charge is 2.57. The van der Waals surface area contributed by atoms with Crippen LogP contribution in [-0.2, 0) is 4.79 Å². The van der Waals surface area contributed by atoms with Gasteiger partial charge in [0.2, 0.25) is 0 Å². The molecule has 2 bridgehead atoms. The van der Waals surface area contributed by atoms with Crippen LogP contribution in [0.5, 0.6) is 0 Å². The number of hydrogen-bond acceptors (Lipinski definition) is 1. The number of Topliss-reactive ketones (excluding diaryl/α,β-unsaturated/α-hetero) is 1. The van der Waals surface area contributed by atoms with Crippen molar-refractivity contribution in [3.05, 3.63) is 12.7 Å². The smallest absolute Gasteiger partial charge is 0.139 e. The van der Waals surface area contributed by atoms with Gasteiger partial charge in [0, 0.05) is 11.8 Å². The molecule has 0 aromatic rings. The number of fused-ring (bicyclic) bond motifs is 2. The lowest BCUT2D eigenvalue weighted by Crippen LogP contribution is -2.56. The fourth-order valence-electron chi connectivity index (χ4n) is 3.06. The molecule has 3 aliphatic rings. The van der Waals surface area contributed by atoms with Crippen LogP contribution in [0.1, 0.15) is 33.1 Å². The molecule has 3 saturated carbocycles. The highest BCUT2D eigenvalue weighted by atomic mass is 16.1. The standard InChI is InChI=1S/C12H18O/c1-4-5-8-6-9-7-10(11(8)13)12(9,2)3/h4,8-10H,1,5-7H2,2-3H3/t8-,9+,10+/m1/s1. The Hall–Kier alpha value is -0.590. The van der Waals surface area contributed by atoms with Crippen molar-refractivity contribution in [2.75, 3.05) is 0 Å². The number of carbonyl (C=O) groups excluding carboxylic acids is 1. The predicted octanol–water partition coefficient (Wildman–Crippen LogP) is 2.81. The third kappa shape index (κ3) is 1.09. The summed E-state index contributed by atoms with van der Waals surface area (Å²) in [5.74, 6) is 1.96. The third-order valence-corrected chi connectivity index (χ3v) is 4.24. The highest BCUT2D eigenvalue weighted by Crippen LogP contribution is 2.59. The van der Waals surface area contributed by atoms with Crippen molar-refractivity contribution in [1.82, 2.24) is 0 Å². The van der Waals surface area contributed by atoms with E-state index in [1.807, 2.05) is 6.08 Å². The van der Waals surface area contributed by atoms with E-state index in [0.29, 0.717) is 23.0 Å². The molecule has 0 N–H and O–H groups in total. The Morgan fingerprint density at radius 3 is 2.69 bits per heavy atom. The number of ketones is 1. The number of rotatable bonds is 2. The maximum Gasteiger partial charge on any atom is 0.139 e. The second kappa shape index (κ2) is 2.70. The Balaban J connectivity index is 2.12. The summed E-state index contributed by atoms with van der Waals surface area (Å²) in [4.78, 5) is 11.9. The van der Waals surface area contributed by atoms with Crippen LogP contribution in [0.15, 0.2) is 12.7 Å². The van der Waals surface area contributed by atoms with Crippen molar-refractivity contribution >= 4 is 5.78 Å². The maximum atomic E-state index is 11.9. The first-order valence-electron chi connectivity index (χ1n) is 5.22. The van der Waals surface area contributed by atoms with Crippen LogP contribution in [0.3, 0.4) is 0 Å². The molecule has 72 valence electrons. The molecule has 0 amide bonds. The molecule has 0 aliphatic heterocycles. The molecule has 0 unspecified atom stereocenters. The molecule has 0 aromatic heterocycles. The summed E-state index contributed by atoms with van der Waals surface area (Å²) in [6, 6.07) is 0. The van der Waals surface area contributed by atoms with Crippen LogP contribution in [0.2, 0.25) is 0 Å². The van der Waals surface area contributed by atoms with E-state index in [1.165, 1.54) is 0 Å². The van der Waals surface area contributed by atoms with Crippen molar-refractivity contribution in [3.63, 3.8) is 0 Å². The van der Waals surface area contributed by atoms with Crippen molar-refractivity contribution in [1.29, 1.82) is 0 Å². The summed E-state index contributed by atoms with van der Waals surface area (Å²) < 4.78 is 0. The van der Waals surface area contributed by atoms with Gasteiger partial charge in [0.05, 0.1) is 0 Å². The van der Waals surface area contributed by atoms with E-state index in [2.05, 4.69) is 20.4 Å². The second-order valence-electron chi connectivity index (χ2n) is 5.17. The van der Waals surface area contributed by atoms with Gasteiger partial charge in [0.1, 0.15) is 5.78 Å². The third-order valence-electron chi connectivity index (χ3n) is 4.24. The van der Waals surface area contributed by atoms with Crippen molar-refractivity contribution in [2.24, 2.45) is 23.2 Å². The number of carbonyl (C=O) groups is 1. The summed E-state index contributed by atoms with van der Waals surface area (Å²) >= 11 is 0. The minimum absolute atomic E-state index is 0.300. The largest absolute Gasteiger partial charge is 0.299 e. The van der Waals surface area contributed by atoms with Crippen LogP contribution < -0.4 is 0 Å². The van der Waals surface area contributed by atoms with Crippen LogP contribution >= 0.6 is 0 Å². The van der Waals surface area contributed by atoms with Crippen LogP contribution in [0.25, 0.3) is 0 Å². The van der Waals surface area contributed by atoms with E-state index in [4.69, 9.17) is 0 Å². The van der Waals surface area contributed by atoms with Gasteiger partial charge in [-0.05, 0) is 30.6 Å². The first kappa shape index (κ1) is 8.98. The van der Waals surface area contributed by atoms with Crippen molar-refractivity contribution in [2.45, 2.75) is 33.1 Å². The van der Waals surface area contributed by atoms with Gasteiger partial charge in [0.25, 0.3) is 0 Å². The van der Waals surface area contributed by atoms with Gasteiger partial charge in [-0.2, -0.15) is 0 Å². The van der Waals surface area contributed by atoms with Gasteiger partial charge in [-0.25, -0.2) is 0 Å². The molecule has 0 radical (unpaired) electrons. The molecule has 1 nitrogen and oxygen atoms in total. The van der Waals surface area contributed by atoms with Crippen LogP contribution in [0.4, 0.5) is 0 Å². The van der Waals surface area contributed by atoms with Gasteiger partial charge in [-0.1, -0.05) is 19.9 Å². The lowest BCUT2D eigenvalue weighted by molar-refractivity contribution is -0.156. The molecule has 3 atom stereocenters. The average Bonchev–Trinajstić information content (AvgIpc) is 2.08. The Labute approximate surface area is 80.2 Å². The Morgan fingerprint density at radius 2 is 2.23 bits per heavy atom. The first-order valence-corrected chi connectivity index (χ1v) is 5.22. The maximum absolute atomic E-state index is 11.9. The molecular weight excluding hydrogens is 160 g/mol. The molecule has 3 rings (SSSR count). The number of allylic oxidation sites excluding steroid dienone is 1. The summed E-state index contributed by atoms with van der Waals surface area (Å²) in [5.41, 5.74) is 0.300. The molecule has 3 aliphatic carbocycles. The molecular formula is C12H18O. The van der Waals surface area contributed by atoms with Crippen LogP contribution in [-0.4, -0.2) is 5.78 Å². The minimum Gasteiger partial charge on any atom is -0.299 e. The fraction of sp³-hybridized carbons (Fsp3) is 0.750. The molecule has 0 heterocycles. The second-order valence-corrected chi connectivity index (χ2v) is 5.17. The Bertz CT molecular complexity index is 252. The SMILES string of the molecule is C=CC[C@@H]1C[C@H]2C[C@@H](C1=O)C2(C)C. The normalized spacial score (nSPS) is 41.1. The summed E-state index contributed by atoms with van der Waals surface area (Å²) in [6.07, 6.45) is 5.04. The van der Waals surface area contributed by atoms with Crippen molar-refractivity contribution < 1.29 is 4.79 Å². The highest BCUT2D eigenvalue weighted by molar-refractivity contribution is 5.86. The Kier molecular flexibility index (Phi) is 1.86. The van der Waals surface area contributed by atoms with E-state index in [1.54, 1.807) is 0 Å². The summed E-state index contributed by atoms with van der Waals surface area (Å²) in [5, 5.41) is 0. The van der Waals surface area contributed by atoms with Gasteiger partial charge < -0.3 is 0 Å². The topological polar surface area (TPSA) is 17.1 Å². The quantitative estimate of drug-likeness (QED) is 0.594. The van der Waals surface area contributed by atoms with Crippen LogP contribution in [0, 0.1) is 23.2 Å². The van der Waals surface area contributed by atoms with E-state index in [-0.39, 0.29) is 0 Å².